The third-order valence-electron chi connectivity index (χ3n) is 3.59. The zero-order chi connectivity index (χ0) is 14.0. The summed E-state index contributed by atoms with van der Waals surface area (Å²) in [5.74, 6) is 1.02. The molecule has 20 heavy (non-hydrogen) atoms. The van der Waals surface area contributed by atoms with Gasteiger partial charge in [-0.3, -0.25) is 0 Å². The molecule has 1 aromatic carbocycles. The van der Waals surface area contributed by atoms with Gasteiger partial charge in [0.25, 0.3) is 0 Å². The largest absolute Gasteiger partial charge is 0.419 e. The van der Waals surface area contributed by atoms with Crippen molar-refractivity contribution in [3.8, 4) is 11.5 Å². The number of halogens is 1. The maximum atomic E-state index is 9.97. The number of aliphatic hydroxyl groups is 1. The molecular weight excluding hydrogens is 322 g/mol. The molecule has 106 valence electrons. The number of aromatic nitrogens is 2. The van der Waals surface area contributed by atoms with Gasteiger partial charge in [0.15, 0.2) is 0 Å². The molecule has 1 fully saturated rings. The fraction of sp³-hybridized carbons (Fsp3) is 0.429. The molecule has 0 aliphatic heterocycles. The lowest BCUT2D eigenvalue weighted by molar-refractivity contribution is -0.0317. The Bertz CT molecular complexity index is 596. The maximum absolute atomic E-state index is 9.97. The predicted molar refractivity (Wildman–Crippen MR) is 77.9 cm³/mol. The first-order valence-electron chi connectivity index (χ1n) is 6.67. The molecule has 0 amide bonds. The summed E-state index contributed by atoms with van der Waals surface area (Å²) in [5, 5.41) is 21.2. The van der Waals surface area contributed by atoms with Gasteiger partial charge in [0, 0.05) is 11.0 Å². The third-order valence-corrected chi connectivity index (χ3v) is 4.28. The van der Waals surface area contributed by atoms with Crippen LogP contribution in [0.3, 0.4) is 0 Å². The zero-order valence-corrected chi connectivity index (χ0v) is 12.6. The van der Waals surface area contributed by atoms with E-state index in [1.807, 2.05) is 24.3 Å². The van der Waals surface area contributed by atoms with Crippen LogP contribution in [-0.2, 0) is 6.54 Å². The summed E-state index contributed by atoms with van der Waals surface area (Å²) in [7, 11) is 0. The van der Waals surface area contributed by atoms with Crippen molar-refractivity contribution in [2.75, 3.05) is 6.54 Å². The molecule has 0 atom stereocenters. The normalized spacial score (nSPS) is 16.9. The van der Waals surface area contributed by atoms with Gasteiger partial charge in [-0.25, -0.2) is 0 Å². The highest BCUT2D eigenvalue weighted by atomic mass is 79.9. The van der Waals surface area contributed by atoms with Crippen molar-refractivity contribution in [1.82, 2.24) is 15.5 Å². The molecule has 1 aromatic heterocycles. The SMILES string of the molecule is OC1(CNCc2nnc(-c3ccccc3Br)o2)CCC1. The van der Waals surface area contributed by atoms with Crippen LogP contribution in [0.2, 0.25) is 0 Å². The second-order valence-electron chi connectivity index (χ2n) is 5.16. The second kappa shape index (κ2) is 5.63. The van der Waals surface area contributed by atoms with E-state index in [0.29, 0.717) is 24.9 Å². The number of hydrogen-bond donors (Lipinski definition) is 2. The predicted octanol–water partition coefficient (Wildman–Crippen LogP) is 2.50. The van der Waals surface area contributed by atoms with Gasteiger partial charge >= 0.3 is 0 Å². The van der Waals surface area contributed by atoms with Gasteiger partial charge in [-0.2, -0.15) is 0 Å². The summed E-state index contributed by atoms with van der Waals surface area (Å²) in [6.45, 7) is 1.04. The van der Waals surface area contributed by atoms with Gasteiger partial charge in [-0.1, -0.05) is 12.1 Å². The van der Waals surface area contributed by atoms with Crippen molar-refractivity contribution in [1.29, 1.82) is 0 Å². The molecule has 0 saturated heterocycles. The highest BCUT2D eigenvalue weighted by molar-refractivity contribution is 9.10. The molecule has 5 nitrogen and oxygen atoms in total. The molecule has 2 N–H and O–H groups in total. The first-order chi connectivity index (χ1) is 9.66. The Balaban J connectivity index is 1.61. The van der Waals surface area contributed by atoms with Crippen molar-refractivity contribution in [2.45, 2.75) is 31.4 Å². The minimum Gasteiger partial charge on any atom is -0.419 e. The molecule has 6 heteroatoms. The van der Waals surface area contributed by atoms with E-state index < -0.39 is 5.60 Å². The number of benzene rings is 1. The summed E-state index contributed by atoms with van der Waals surface area (Å²) in [6, 6.07) is 7.72. The number of nitrogens with zero attached hydrogens (tertiary/aromatic N) is 2. The molecule has 1 aliphatic carbocycles. The second-order valence-corrected chi connectivity index (χ2v) is 6.02. The molecule has 0 bridgehead atoms. The van der Waals surface area contributed by atoms with Gasteiger partial charge in [0.2, 0.25) is 11.8 Å². The van der Waals surface area contributed by atoms with Crippen LogP contribution in [0.15, 0.2) is 33.2 Å². The van der Waals surface area contributed by atoms with E-state index >= 15 is 0 Å². The van der Waals surface area contributed by atoms with E-state index in [0.717, 1.165) is 29.3 Å². The standard InChI is InChI=1S/C14H16BrN3O2/c15-11-5-2-1-4-10(11)13-18-17-12(20-13)8-16-9-14(19)6-3-7-14/h1-2,4-5,16,19H,3,6-9H2. The summed E-state index contributed by atoms with van der Waals surface area (Å²) in [4.78, 5) is 0. The first-order valence-corrected chi connectivity index (χ1v) is 7.46. The van der Waals surface area contributed by atoms with E-state index in [-0.39, 0.29) is 0 Å². The molecule has 2 aromatic rings. The smallest absolute Gasteiger partial charge is 0.248 e. The van der Waals surface area contributed by atoms with E-state index in [1.165, 1.54) is 0 Å². The van der Waals surface area contributed by atoms with Gasteiger partial charge < -0.3 is 14.8 Å². The Kier molecular flexibility index (Phi) is 3.87. The molecule has 3 rings (SSSR count). The summed E-state index contributed by atoms with van der Waals surface area (Å²) < 4.78 is 6.54. The molecule has 0 spiro atoms. The van der Waals surface area contributed by atoms with Crippen LogP contribution in [0.5, 0.6) is 0 Å². The Morgan fingerprint density at radius 2 is 2.10 bits per heavy atom. The molecule has 1 aliphatic rings. The van der Waals surface area contributed by atoms with E-state index in [9.17, 15) is 5.11 Å². The summed E-state index contributed by atoms with van der Waals surface area (Å²) >= 11 is 3.46. The highest BCUT2D eigenvalue weighted by Crippen LogP contribution is 2.30. The van der Waals surface area contributed by atoms with Gasteiger partial charge in [-0.15, -0.1) is 10.2 Å². The average molecular weight is 338 g/mol. The fourth-order valence-corrected chi connectivity index (χ4v) is 2.69. The topological polar surface area (TPSA) is 71.2 Å². The number of rotatable bonds is 5. The van der Waals surface area contributed by atoms with E-state index in [1.54, 1.807) is 0 Å². The van der Waals surface area contributed by atoms with Crippen LogP contribution in [0, 0.1) is 0 Å². The monoisotopic (exact) mass is 337 g/mol. The van der Waals surface area contributed by atoms with E-state index in [2.05, 4.69) is 31.4 Å². The molecule has 1 saturated carbocycles. The Morgan fingerprint density at radius 3 is 2.80 bits per heavy atom. The van der Waals surface area contributed by atoms with Crippen LogP contribution >= 0.6 is 15.9 Å². The quantitative estimate of drug-likeness (QED) is 0.877. The Morgan fingerprint density at radius 1 is 1.30 bits per heavy atom. The van der Waals surface area contributed by atoms with Crippen molar-refractivity contribution < 1.29 is 9.52 Å². The lowest BCUT2D eigenvalue weighted by Gasteiger charge is -2.36. The highest BCUT2D eigenvalue weighted by Gasteiger charge is 2.33. The lowest BCUT2D eigenvalue weighted by Crippen LogP contribution is -2.46. The molecular formula is C14H16BrN3O2. The zero-order valence-electron chi connectivity index (χ0n) is 11.0. The van der Waals surface area contributed by atoms with Crippen molar-refractivity contribution in [3.63, 3.8) is 0 Å². The Hall–Kier alpha value is -1.24. The van der Waals surface area contributed by atoms with Crippen LogP contribution < -0.4 is 5.32 Å². The number of hydrogen-bond acceptors (Lipinski definition) is 5. The maximum Gasteiger partial charge on any atom is 0.248 e. The summed E-state index contributed by atoms with van der Waals surface area (Å²) in [6.07, 6.45) is 2.84. The third kappa shape index (κ3) is 2.92. The fourth-order valence-electron chi connectivity index (χ4n) is 2.23. The van der Waals surface area contributed by atoms with Crippen LogP contribution in [0.4, 0.5) is 0 Å². The van der Waals surface area contributed by atoms with Gasteiger partial charge in [0.1, 0.15) is 0 Å². The number of nitrogens with one attached hydrogen (secondary N) is 1. The van der Waals surface area contributed by atoms with Crippen LogP contribution in [0.1, 0.15) is 25.2 Å². The minimum atomic E-state index is -0.536. The first kappa shape index (κ1) is 13.7. The van der Waals surface area contributed by atoms with E-state index in [4.69, 9.17) is 4.42 Å². The van der Waals surface area contributed by atoms with Crippen LogP contribution in [-0.4, -0.2) is 27.4 Å². The van der Waals surface area contributed by atoms with Crippen molar-refractivity contribution in [3.05, 3.63) is 34.6 Å². The molecule has 0 radical (unpaired) electrons. The Labute approximate surface area is 125 Å². The van der Waals surface area contributed by atoms with Gasteiger partial charge in [0.05, 0.1) is 17.7 Å². The van der Waals surface area contributed by atoms with Gasteiger partial charge in [-0.05, 0) is 47.3 Å². The minimum absolute atomic E-state index is 0.472. The van der Waals surface area contributed by atoms with Crippen molar-refractivity contribution >= 4 is 15.9 Å². The summed E-state index contributed by atoms with van der Waals surface area (Å²) in [5.41, 5.74) is 0.342. The average Bonchev–Trinajstić information content (AvgIpc) is 2.86. The van der Waals surface area contributed by atoms with Crippen LogP contribution in [0.25, 0.3) is 11.5 Å². The molecule has 1 heterocycles. The van der Waals surface area contributed by atoms with Crippen molar-refractivity contribution in [2.24, 2.45) is 0 Å². The lowest BCUT2D eigenvalue weighted by atomic mass is 9.80. The molecule has 0 unspecified atom stereocenters.